The summed E-state index contributed by atoms with van der Waals surface area (Å²) < 4.78 is 51.7. The topological polar surface area (TPSA) is 46.2 Å². The van der Waals surface area contributed by atoms with E-state index in [2.05, 4.69) is 5.32 Å². The molecule has 0 aliphatic heterocycles. The molecule has 0 radical (unpaired) electrons. The number of amides is 1. The number of carbonyl (C=O) groups is 2. The maximum absolute atomic E-state index is 13.0. The van der Waals surface area contributed by atoms with Crippen molar-refractivity contribution in [2.75, 3.05) is 0 Å². The predicted molar refractivity (Wildman–Crippen MR) is 88.0 cm³/mol. The average molecular weight is 367 g/mol. The van der Waals surface area contributed by atoms with E-state index in [0.717, 1.165) is 17.7 Å². The Bertz CT molecular complexity index is 798. The van der Waals surface area contributed by atoms with Gasteiger partial charge in [0.1, 0.15) is 5.82 Å². The molecule has 1 N–H and O–H groups in total. The Kier molecular flexibility index (Phi) is 6.13. The molecule has 0 fully saturated rings. The van der Waals surface area contributed by atoms with Gasteiger partial charge in [0.2, 0.25) is 5.91 Å². The van der Waals surface area contributed by atoms with Crippen molar-refractivity contribution in [3.63, 3.8) is 0 Å². The third-order valence-electron chi connectivity index (χ3n) is 3.81. The monoisotopic (exact) mass is 367 g/mol. The number of ketones is 1. The van der Waals surface area contributed by atoms with Gasteiger partial charge in [-0.25, -0.2) is 4.39 Å². The van der Waals surface area contributed by atoms with Crippen LogP contribution in [0.1, 0.15) is 39.9 Å². The Morgan fingerprint density at radius 1 is 1.00 bits per heavy atom. The third-order valence-corrected chi connectivity index (χ3v) is 3.81. The molecule has 0 unspecified atom stereocenters. The molecule has 0 heterocycles. The fraction of sp³-hybridized carbons (Fsp3) is 0.263. The average Bonchev–Trinajstić information content (AvgIpc) is 2.58. The normalized spacial score (nSPS) is 11.3. The van der Waals surface area contributed by atoms with Crippen LogP contribution in [0, 0.1) is 12.7 Å². The van der Waals surface area contributed by atoms with Gasteiger partial charge >= 0.3 is 6.18 Å². The zero-order valence-electron chi connectivity index (χ0n) is 14.0. The summed E-state index contributed by atoms with van der Waals surface area (Å²) in [5.41, 5.74) is 0.103. The smallest absolute Gasteiger partial charge is 0.352 e. The van der Waals surface area contributed by atoms with Gasteiger partial charge in [0.15, 0.2) is 5.78 Å². The van der Waals surface area contributed by atoms with Gasteiger partial charge in [-0.1, -0.05) is 35.9 Å². The molecule has 0 spiro atoms. The van der Waals surface area contributed by atoms with Crippen LogP contribution in [0.25, 0.3) is 0 Å². The Balaban J connectivity index is 1.91. The second-order valence-corrected chi connectivity index (χ2v) is 5.87. The first-order valence-corrected chi connectivity index (χ1v) is 7.89. The van der Waals surface area contributed by atoms with Crippen LogP contribution in [0.15, 0.2) is 42.5 Å². The fourth-order valence-corrected chi connectivity index (χ4v) is 2.36. The molecule has 0 aliphatic carbocycles. The molecule has 0 aliphatic rings. The van der Waals surface area contributed by atoms with Crippen LogP contribution in [-0.4, -0.2) is 11.7 Å². The largest absolute Gasteiger partial charge is 0.416 e. The highest BCUT2D eigenvalue weighted by Crippen LogP contribution is 2.32. The van der Waals surface area contributed by atoms with Crippen molar-refractivity contribution in [2.45, 2.75) is 32.5 Å². The Morgan fingerprint density at radius 2 is 1.65 bits per heavy atom. The summed E-state index contributed by atoms with van der Waals surface area (Å²) in [6.07, 6.45) is -4.91. The van der Waals surface area contributed by atoms with Gasteiger partial charge in [-0.05, 0) is 24.6 Å². The zero-order valence-corrected chi connectivity index (χ0v) is 14.0. The van der Waals surface area contributed by atoms with Gasteiger partial charge in [0, 0.05) is 24.9 Å². The van der Waals surface area contributed by atoms with E-state index >= 15 is 0 Å². The molecule has 0 saturated heterocycles. The molecule has 0 atom stereocenters. The van der Waals surface area contributed by atoms with Crippen LogP contribution >= 0.6 is 0 Å². The summed E-state index contributed by atoms with van der Waals surface area (Å²) in [6.45, 7) is 1.49. The summed E-state index contributed by atoms with van der Waals surface area (Å²) in [6, 6.07) is 9.14. The third kappa shape index (κ3) is 5.40. The lowest BCUT2D eigenvalue weighted by Gasteiger charge is -2.13. The summed E-state index contributed by atoms with van der Waals surface area (Å²) in [7, 11) is 0. The van der Waals surface area contributed by atoms with Crippen molar-refractivity contribution < 1.29 is 27.2 Å². The van der Waals surface area contributed by atoms with Gasteiger partial charge in [-0.3, -0.25) is 9.59 Å². The minimum absolute atomic E-state index is 0.0512. The molecule has 0 aromatic heterocycles. The van der Waals surface area contributed by atoms with Crippen LogP contribution < -0.4 is 5.32 Å². The molecule has 2 rings (SSSR count). The van der Waals surface area contributed by atoms with Crippen molar-refractivity contribution in [1.29, 1.82) is 0 Å². The summed E-state index contributed by atoms with van der Waals surface area (Å²) in [5, 5.41) is 2.33. The number of alkyl halides is 3. The first kappa shape index (κ1) is 19.6. The second-order valence-electron chi connectivity index (χ2n) is 5.87. The van der Waals surface area contributed by atoms with Gasteiger partial charge in [-0.15, -0.1) is 0 Å². The van der Waals surface area contributed by atoms with Crippen molar-refractivity contribution in [3.05, 3.63) is 70.5 Å². The maximum Gasteiger partial charge on any atom is 0.416 e. The van der Waals surface area contributed by atoms with Crippen molar-refractivity contribution in [1.82, 2.24) is 5.32 Å². The lowest BCUT2D eigenvalue weighted by atomic mass is 10.0. The first-order chi connectivity index (χ1) is 12.2. The quantitative estimate of drug-likeness (QED) is 0.606. The van der Waals surface area contributed by atoms with E-state index in [1.807, 2.05) is 6.92 Å². The highest BCUT2D eigenvalue weighted by atomic mass is 19.4. The summed E-state index contributed by atoms with van der Waals surface area (Å²) in [4.78, 5) is 23.8. The molecular formula is C19H17F4NO2. The highest BCUT2D eigenvalue weighted by molar-refractivity contribution is 5.97. The van der Waals surface area contributed by atoms with Crippen LogP contribution in [-0.2, 0) is 17.5 Å². The fourth-order valence-electron chi connectivity index (χ4n) is 2.36. The second kappa shape index (κ2) is 8.12. The zero-order chi connectivity index (χ0) is 19.3. The Labute approximate surface area is 148 Å². The molecule has 138 valence electrons. The van der Waals surface area contributed by atoms with Crippen molar-refractivity contribution in [2.24, 2.45) is 0 Å². The molecule has 3 nitrogen and oxygen atoms in total. The van der Waals surface area contributed by atoms with E-state index in [1.54, 1.807) is 24.3 Å². The summed E-state index contributed by atoms with van der Waals surface area (Å²) >= 11 is 0. The number of benzene rings is 2. The van der Waals surface area contributed by atoms with Crippen LogP contribution in [0.2, 0.25) is 0 Å². The standard InChI is InChI=1S/C19H17F4NO2/c1-12-2-4-13(5-3-12)17(25)8-9-18(26)24-11-14-6-7-15(20)10-16(14)19(21,22)23/h2-7,10H,8-9,11H2,1H3,(H,24,26). The lowest BCUT2D eigenvalue weighted by molar-refractivity contribution is -0.138. The van der Waals surface area contributed by atoms with E-state index in [0.29, 0.717) is 11.6 Å². The minimum atomic E-state index is -4.72. The van der Waals surface area contributed by atoms with E-state index < -0.39 is 30.0 Å². The lowest BCUT2D eigenvalue weighted by Crippen LogP contribution is -2.25. The number of aryl methyl sites for hydroxylation is 1. The number of carbonyl (C=O) groups excluding carboxylic acids is 2. The Hall–Kier alpha value is -2.70. The molecule has 26 heavy (non-hydrogen) atoms. The van der Waals surface area contributed by atoms with Gasteiger partial charge in [0.05, 0.1) is 5.56 Å². The number of rotatable bonds is 6. The van der Waals surface area contributed by atoms with Gasteiger partial charge in [-0.2, -0.15) is 13.2 Å². The summed E-state index contributed by atoms with van der Waals surface area (Å²) in [5.74, 6) is -1.78. The molecule has 7 heteroatoms. The number of hydrogen-bond acceptors (Lipinski definition) is 2. The number of Topliss-reactive ketones (excluding diaryl/α,β-unsaturated/α-hetero) is 1. The van der Waals surface area contributed by atoms with E-state index in [4.69, 9.17) is 0 Å². The Morgan fingerprint density at radius 3 is 2.27 bits per heavy atom. The van der Waals surface area contributed by atoms with E-state index in [1.165, 1.54) is 0 Å². The maximum atomic E-state index is 13.0. The van der Waals surface area contributed by atoms with Crippen LogP contribution in [0.5, 0.6) is 0 Å². The predicted octanol–water partition coefficient (Wildman–Crippen LogP) is 4.43. The molecule has 2 aromatic carbocycles. The van der Waals surface area contributed by atoms with E-state index in [9.17, 15) is 27.2 Å². The molecule has 0 bridgehead atoms. The number of hydrogen-bond donors (Lipinski definition) is 1. The number of halogens is 4. The highest BCUT2D eigenvalue weighted by Gasteiger charge is 2.33. The van der Waals surface area contributed by atoms with Gasteiger partial charge in [0.25, 0.3) is 0 Å². The van der Waals surface area contributed by atoms with Crippen LogP contribution in [0.4, 0.5) is 17.6 Å². The SMILES string of the molecule is Cc1ccc(C(=O)CCC(=O)NCc2ccc(F)cc2C(F)(F)F)cc1. The van der Waals surface area contributed by atoms with Gasteiger partial charge < -0.3 is 5.32 Å². The van der Waals surface area contributed by atoms with Crippen molar-refractivity contribution >= 4 is 11.7 Å². The molecule has 0 saturated carbocycles. The molecule has 1 amide bonds. The van der Waals surface area contributed by atoms with Crippen molar-refractivity contribution in [3.8, 4) is 0 Å². The molecular weight excluding hydrogens is 350 g/mol. The van der Waals surface area contributed by atoms with Crippen LogP contribution in [0.3, 0.4) is 0 Å². The minimum Gasteiger partial charge on any atom is -0.352 e. The molecule has 2 aromatic rings. The number of nitrogens with one attached hydrogen (secondary N) is 1. The first-order valence-electron chi connectivity index (χ1n) is 7.89. The van der Waals surface area contributed by atoms with E-state index in [-0.39, 0.29) is 24.2 Å².